The standard InChI is InChI=1S/C8H6N4O2/c9-5-3-6-7(11-2-1-10-6)4-8(5)12(13)14/h1-4H,9H2. The summed E-state index contributed by atoms with van der Waals surface area (Å²) in [5.74, 6) is 0. The van der Waals surface area contributed by atoms with Gasteiger partial charge in [-0.25, -0.2) is 0 Å². The molecule has 0 atom stereocenters. The highest BCUT2D eigenvalue weighted by atomic mass is 16.6. The van der Waals surface area contributed by atoms with E-state index in [0.29, 0.717) is 11.0 Å². The maximum absolute atomic E-state index is 10.5. The lowest BCUT2D eigenvalue weighted by Crippen LogP contribution is -1.96. The van der Waals surface area contributed by atoms with Gasteiger partial charge in [0.1, 0.15) is 5.69 Å². The van der Waals surface area contributed by atoms with Crippen LogP contribution in [0.2, 0.25) is 0 Å². The first-order valence-electron chi connectivity index (χ1n) is 3.83. The van der Waals surface area contributed by atoms with Crippen molar-refractivity contribution in [1.29, 1.82) is 0 Å². The van der Waals surface area contributed by atoms with Gasteiger partial charge in [-0.1, -0.05) is 0 Å². The predicted molar refractivity (Wildman–Crippen MR) is 50.6 cm³/mol. The quantitative estimate of drug-likeness (QED) is 0.413. The average Bonchev–Trinajstić information content (AvgIpc) is 2.16. The monoisotopic (exact) mass is 190 g/mol. The van der Waals surface area contributed by atoms with E-state index in [9.17, 15) is 10.1 Å². The number of nitrogen functional groups attached to an aromatic ring is 1. The third kappa shape index (κ3) is 1.22. The summed E-state index contributed by atoms with van der Waals surface area (Å²) in [6, 6.07) is 2.76. The van der Waals surface area contributed by atoms with Crippen molar-refractivity contribution in [2.75, 3.05) is 5.73 Å². The number of anilines is 1. The van der Waals surface area contributed by atoms with Crippen LogP contribution in [0.3, 0.4) is 0 Å². The molecule has 0 radical (unpaired) electrons. The molecule has 2 aromatic rings. The molecule has 6 heteroatoms. The van der Waals surface area contributed by atoms with Crippen molar-refractivity contribution in [3.8, 4) is 0 Å². The summed E-state index contributed by atoms with van der Waals surface area (Å²) in [6.07, 6.45) is 2.98. The van der Waals surface area contributed by atoms with Crippen molar-refractivity contribution < 1.29 is 4.92 Å². The fourth-order valence-corrected chi connectivity index (χ4v) is 1.17. The summed E-state index contributed by atoms with van der Waals surface area (Å²) < 4.78 is 0. The second-order valence-electron chi connectivity index (χ2n) is 2.71. The molecule has 0 amide bonds. The number of fused-ring (bicyclic) bond motifs is 1. The topological polar surface area (TPSA) is 94.9 Å². The van der Waals surface area contributed by atoms with Crippen LogP contribution in [-0.4, -0.2) is 14.9 Å². The van der Waals surface area contributed by atoms with Gasteiger partial charge in [0.25, 0.3) is 5.69 Å². The normalized spacial score (nSPS) is 10.3. The minimum atomic E-state index is -0.538. The second-order valence-corrected chi connectivity index (χ2v) is 2.71. The molecule has 1 heterocycles. The van der Waals surface area contributed by atoms with Crippen molar-refractivity contribution in [1.82, 2.24) is 9.97 Å². The Balaban J connectivity index is 2.77. The molecule has 0 unspecified atom stereocenters. The van der Waals surface area contributed by atoms with Crippen LogP contribution in [0.15, 0.2) is 24.5 Å². The van der Waals surface area contributed by atoms with Gasteiger partial charge < -0.3 is 5.73 Å². The highest BCUT2D eigenvalue weighted by Crippen LogP contribution is 2.24. The van der Waals surface area contributed by atoms with Crippen molar-refractivity contribution in [3.63, 3.8) is 0 Å². The van der Waals surface area contributed by atoms with E-state index in [4.69, 9.17) is 5.73 Å². The molecule has 2 N–H and O–H groups in total. The molecule has 0 saturated heterocycles. The smallest absolute Gasteiger partial charge is 0.294 e. The minimum Gasteiger partial charge on any atom is -0.393 e. The molecule has 6 nitrogen and oxygen atoms in total. The highest BCUT2D eigenvalue weighted by Gasteiger charge is 2.12. The summed E-state index contributed by atoms with van der Waals surface area (Å²) in [5.41, 5.74) is 6.45. The summed E-state index contributed by atoms with van der Waals surface area (Å²) in [7, 11) is 0. The fourth-order valence-electron chi connectivity index (χ4n) is 1.17. The Labute approximate surface area is 78.5 Å². The van der Waals surface area contributed by atoms with E-state index in [1.54, 1.807) is 0 Å². The number of rotatable bonds is 1. The van der Waals surface area contributed by atoms with Crippen LogP contribution in [-0.2, 0) is 0 Å². The zero-order valence-corrected chi connectivity index (χ0v) is 7.04. The number of nitro benzene ring substituents is 1. The first-order chi connectivity index (χ1) is 6.68. The summed E-state index contributed by atoms with van der Waals surface area (Å²) in [5, 5.41) is 10.5. The molecule has 0 saturated carbocycles. The lowest BCUT2D eigenvalue weighted by atomic mass is 10.2. The predicted octanol–water partition coefficient (Wildman–Crippen LogP) is 1.12. The van der Waals surface area contributed by atoms with Crippen LogP contribution >= 0.6 is 0 Å². The Morgan fingerprint density at radius 3 is 2.36 bits per heavy atom. The molecule has 0 bridgehead atoms. The van der Waals surface area contributed by atoms with Crippen molar-refractivity contribution in [2.24, 2.45) is 0 Å². The van der Waals surface area contributed by atoms with Crippen LogP contribution in [0.4, 0.5) is 11.4 Å². The second kappa shape index (κ2) is 2.91. The molecule has 0 aliphatic carbocycles. The van der Waals surface area contributed by atoms with Gasteiger partial charge in [-0.05, 0) is 6.07 Å². The molecule has 1 aromatic heterocycles. The number of nitrogens with two attached hydrogens (primary N) is 1. The number of hydrogen-bond donors (Lipinski definition) is 1. The molecule has 0 fully saturated rings. The van der Waals surface area contributed by atoms with Gasteiger partial charge in [0.05, 0.1) is 16.0 Å². The largest absolute Gasteiger partial charge is 0.393 e. The van der Waals surface area contributed by atoms with Crippen LogP contribution in [0, 0.1) is 10.1 Å². The van der Waals surface area contributed by atoms with E-state index in [0.717, 1.165) is 0 Å². The molecule has 0 spiro atoms. The Morgan fingerprint density at radius 2 is 1.79 bits per heavy atom. The molecule has 70 valence electrons. The SMILES string of the molecule is Nc1cc2nccnc2cc1[N+](=O)[O-]. The Morgan fingerprint density at radius 1 is 1.21 bits per heavy atom. The molecule has 14 heavy (non-hydrogen) atoms. The number of nitro groups is 1. The molecule has 1 aromatic carbocycles. The third-order valence-electron chi connectivity index (χ3n) is 1.81. The molecular weight excluding hydrogens is 184 g/mol. The van der Waals surface area contributed by atoms with Crippen LogP contribution in [0.1, 0.15) is 0 Å². The van der Waals surface area contributed by atoms with Gasteiger partial charge in [-0.3, -0.25) is 20.1 Å². The van der Waals surface area contributed by atoms with Gasteiger partial charge >= 0.3 is 0 Å². The Kier molecular flexibility index (Phi) is 1.74. The van der Waals surface area contributed by atoms with E-state index in [2.05, 4.69) is 9.97 Å². The maximum atomic E-state index is 10.5. The molecule has 0 aliphatic rings. The van der Waals surface area contributed by atoms with Crippen molar-refractivity contribution in [2.45, 2.75) is 0 Å². The number of aromatic nitrogens is 2. The zero-order chi connectivity index (χ0) is 10.1. The Hall–Kier alpha value is -2.24. The summed E-state index contributed by atoms with van der Waals surface area (Å²) in [4.78, 5) is 17.9. The van der Waals surface area contributed by atoms with Gasteiger partial charge in [0.2, 0.25) is 0 Å². The van der Waals surface area contributed by atoms with Crippen LogP contribution in [0.25, 0.3) is 11.0 Å². The summed E-state index contributed by atoms with van der Waals surface area (Å²) in [6.45, 7) is 0. The number of benzene rings is 1. The lowest BCUT2D eigenvalue weighted by molar-refractivity contribution is -0.383. The summed E-state index contributed by atoms with van der Waals surface area (Å²) >= 11 is 0. The first-order valence-corrected chi connectivity index (χ1v) is 3.83. The molecular formula is C8H6N4O2. The number of hydrogen-bond acceptors (Lipinski definition) is 5. The van der Waals surface area contributed by atoms with E-state index in [-0.39, 0.29) is 11.4 Å². The maximum Gasteiger partial charge on any atom is 0.294 e. The van der Waals surface area contributed by atoms with Gasteiger partial charge in [0, 0.05) is 18.5 Å². The van der Waals surface area contributed by atoms with Gasteiger partial charge in [-0.15, -0.1) is 0 Å². The molecule has 0 aliphatic heterocycles. The van der Waals surface area contributed by atoms with Crippen LogP contribution in [0.5, 0.6) is 0 Å². The van der Waals surface area contributed by atoms with Gasteiger partial charge in [-0.2, -0.15) is 0 Å². The zero-order valence-electron chi connectivity index (χ0n) is 7.04. The van der Waals surface area contributed by atoms with E-state index >= 15 is 0 Å². The van der Waals surface area contributed by atoms with E-state index in [1.165, 1.54) is 24.5 Å². The van der Waals surface area contributed by atoms with Crippen LogP contribution < -0.4 is 5.73 Å². The molecule has 2 rings (SSSR count). The highest BCUT2D eigenvalue weighted by molar-refractivity contribution is 5.83. The minimum absolute atomic E-state index is 0.100. The van der Waals surface area contributed by atoms with Crippen molar-refractivity contribution in [3.05, 3.63) is 34.6 Å². The van der Waals surface area contributed by atoms with Gasteiger partial charge in [0.15, 0.2) is 0 Å². The van der Waals surface area contributed by atoms with E-state index in [1.807, 2.05) is 0 Å². The third-order valence-corrected chi connectivity index (χ3v) is 1.81. The fraction of sp³-hybridized carbons (Fsp3) is 0. The first kappa shape index (κ1) is 8.36. The van der Waals surface area contributed by atoms with Crippen molar-refractivity contribution >= 4 is 22.4 Å². The number of nitrogens with zero attached hydrogens (tertiary/aromatic N) is 3. The Bertz CT molecular complexity index is 512. The average molecular weight is 190 g/mol. The lowest BCUT2D eigenvalue weighted by Gasteiger charge is -1.98. The van der Waals surface area contributed by atoms with E-state index < -0.39 is 4.92 Å².